The fourth-order valence-electron chi connectivity index (χ4n) is 1.57. The minimum atomic E-state index is 0.879. The van der Waals surface area contributed by atoms with Crippen molar-refractivity contribution in [2.24, 2.45) is 0 Å². The van der Waals surface area contributed by atoms with Gasteiger partial charge in [0.15, 0.2) is 0 Å². The van der Waals surface area contributed by atoms with Gasteiger partial charge in [-0.3, -0.25) is 4.98 Å². The van der Waals surface area contributed by atoms with Crippen LogP contribution in [0.5, 0.6) is 0 Å². The summed E-state index contributed by atoms with van der Waals surface area (Å²) >= 11 is 1.87. The van der Waals surface area contributed by atoms with Gasteiger partial charge in [-0.2, -0.15) is 0 Å². The molecule has 0 aromatic carbocycles. The molecule has 0 unspecified atom stereocenters. The average molecular weight is 232 g/mol. The molecule has 2 heterocycles. The minimum Gasteiger partial charge on any atom is -0.308 e. The Kier molecular flexibility index (Phi) is 3.70. The van der Waals surface area contributed by atoms with Crippen LogP contribution in [0.4, 0.5) is 0 Å². The van der Waals surface area contributed by atoms with Gasteiger partial charge in [-0.25, -0.2) is 0 Å². The topological polar surface area (TPSA) is 24.9 Å². The zero-order valence-electron chi connectivity index (χ0n) is 9.66. The lowest BCUT2D eigenvalue weighted by atomic mass is 10.2. The maximum Gasteiger partial charge on any atom is 0.0312 e. The highest BCUT2D eigenvalue weighted by molar-refractivity contribution is 7.12. The summed E-state index contributed by atoms with van der Waals surface area (Å²) in [7, 11) is 0. The first-order valence-corrected chi connectivity index (χ1v) is 6.23. The molecule has 84 valence electrons. The van der Waals surface area contributed by atoms with Gasteiger partial charge in [-0.15, -0.1) is 11.3 Å². The van der Waals surface area contributed by atoms with E-state index in [1.165, 1.54) is 20.9 Å². The van der Waals surface area contributed by atoms with E-state index in [0.29, 0.717) is 0 Å². The third-order valence-electron chi connectivity index (χ3n) is 2.57. The van der Waals surface area contributed by atoms with Crippen LogP contribution < -0.4 is 5.32 Å². The van der Waals surface area contributed by atoms with E-state index in [1.54, 1.807) is 6.20 Å². The second kappa shape index (κ2) is 5.23. The van der Waals surface area contributed by atoms with Crippen LogP contribution >= 0.6 is 11.3 Å². The summed E-state index contributed by atoms with van der Waals surface area (Å²) in [6, 6.07) is 6.32. The van der Waals surface area contributed by atoms with Crippen molar-refractivity contribution in [3.8, 4) is 0 Å². The molecule has 16 heavy (non-hydrogen) atoms. The number of aromatic nitrogens is 1. The Balaban J connectivity index is 1.84. The first-order valence-electron chi connectivity index (χ1n) is 5.41. The van der Waals surface area contributed by atoms with Gasteiger partial charge in [0.05, 0.1) is 0 Å². The van der Waals surface area contributed by atoms with E-state index < -0.39 is 0 Å². The molecule has 3 heteroatoms. The number of nitrogens with one attached hydrogen (secondary N) is 1. The maximum absolute atomic E-state index is 4.09. The number of thiophene rings is 1. The Morgan fingerprint density at radius 1 is 1.31 bits per heavy atom. The van der Waals surface area contributed by atoms with Crippen molar-refractivity contribution in [1.82, 2.24) is 10.3 Å². The van der Waals surface area contributed by atoms with Crippen LogP contribution in [0.2, 0.25) is 0 Å². The van der Waals surface area contributed by atoms with Gasteiger partial charge in [-0.1, -0.05) is 6.07 Å². The second-order valence-corrected chi connectivity index (χ2v) is 5.26. The smallest absolute Gasteiger partial charge is 0.0312 e. The standard InChI is InChI=1S/C13H16N2S/c1-10-6-13(16-11(10)2)9-15-8-12-4-3-5-14-7-12/h3-7,15H,8-9H2,1-2H3. The Hall–Kier alpha value is -1.19. The van der Waals surface area contributed by atoms with Crippen LogP contribution in [-0.2, 0) is 13.1 Å². The summed E-state index contributed by atoms with van der Waals surface area (Å²) in [5.74, 6) is 0. The van der Waals surface area contributed by atoms with Gasteiger partial charge >= 0.3 is 0 Å². The number of nitrogens with zero attached hydrogens (tertiary/aromatic N) is 1. The van der Waals surface area contributed by atoms with Crippen LogP contribution in [0.25, 0.3) is 0 Å². The van der Waals surface area contributed by atoms with Crippen LogP contribution in [0.3, 0.4) is 0 Å². The fraction of sp³-hybridized carbons (Fsp3) is 0.308. The van der Waals surface area contributed by atoms with Gasteiger partial charge in [0.2, 0.25) is 0 Å². The lowest BCUT2D eigenvalue weighted by Crippen LogP contribution is -2.11. The van der Waals surface area contributed by atoms with Gasteiger partial charge in [0.25, 0.3) is 0 Å². The largest absolute Gasteiger partial charge is 0.308 e. The summed E-state index contributed by atoms with van der Waals surface area (Å²) in [6.45, 7) is 6.15. The summed E-state index contributed by atoms with van der Waals surface area (Å²) in [4.78, 5) is 6.91. The number of hydrogen-bond donors (Lipinski definition) is 1. The predicted octanol–water partition coefficient (Wildman–Crippen LogP) is 3.05. The van der Waals surface area contributed by atoms with Crippen LogP contribution in [0.1, 0.15) is 20.9 Å². The van der Waals surface area contributed by atoms with Crippen molar-refractivity contribution in [3.63, 3.8) is 0 Å². The Morgan fingerprint density at radius 2 is 2.19 bits per heavy atom. The highest BCUT2D eigenvalue weighted by Crippen LogP contribution is 2.20. The average Bonchev–Trinajstić information content (AvgIpc) is 2.60. The fourth-order valence-corrected chi connectivity index (χ4v) is 2.59. The van der Waals surface area contributed by atoms with Crippen molar-refractivity contribution < 1.29 is 0 Å². The molecule has 0 spiro atoms. The molecule has 0 saturated heterocycles. The summed E-state index contributed by atoms with van der Waals surface area (Å²) in [5.41, 5.74) is 2.62. The van der Waals surface area contributed by atoms with E-state index in [0.717, 1.165) is 13.1 Å². The molecule has 2 aromatic rings. The van der Waals surface area contributed by atoms with E-state index >= 15 is 0 Å². The molecule has 2 aromatic heterocycles. The van der Waals surface area contributed by atoms with Gasteiger partial charge in [0, 0.05) is 35.2 Å². The zero-order valence-corrected chi connectivity index (χ0v) is 10.5. The maximum atomic E-state index is 4.09. The van der Waals surface area contributed by atoms with E-state index in [4.69, 9.17) is 0 Å². The summed E-state index contributed by atoms with van der Waals surface area (Å²) < 4.78 is 0. The number of pyridine rings is 1. The minimum absolute atomic E-state index is 0.879. The van der Waals surface area contributed by atoms with Crippen LogP contribution in [-0.4, -0.2) is 4.98 Å². The summed E-state index contributed by atoms with van der Waals surface area (Å²) in [5, 5.41) is 3.43. The molecule has 0 saturated carbocycles. The highest BCUT2D eigenvalue weighted by atomic mass is 32.1. The molecular weight excluding hydrogens is 216 g/mol. The van der Waals surface area contributed by atoms with E-state index in [1.807, 2.05) is 23.6 Å². The first-order chi connectivity index (χ1) is 7.75. The zero-order chi connectivity index (χ0) is 11.4. The Bertz CT molecular complexity index is 429. The van der Waals surface area contributed by atoms with E-state index in [-0.39, 0.29) is 0 Å². The van der Waals surface area contributed by atoms with Crippen molar-refractivity contribution in [2.75, 3.05) is 0 Å². The molecule has 0 aliphatic heterocycles. The van der Waals surface area contributed by atoms with Crippen molar-refractivity contribution in [2.45, 2.75) is 26.9 Å². The predicted molar refractivity (Wildman–Crippen MR) is 68.6 cm³/mol. The third kappa shape index (κ3) is 2.90. The molecule has 1 N–H and O–H groups in total. The number of rotatable bonds is 4. The van der Waals surface area contributed by atoms with Gasteiger partial charge in [-0.05, 0) is 37.1 Å². The van der Waals surface area contributed by atoms with Gasteiger partial charge < -0.3 is 5.32 Å². The summed E-state index contributed by atoms with van der Waals surface area (Å²) in [6.07, 6.45) is 3.70. The van der Waals surface area contributed by atoms with E-state index in [9.17, 15) is 0 Å². The van der Waals surface area contributed by atoms with Crippen LogP contribution in [0, 0.1) is 13.8 Å². The molecule has 2 nitrogen and oxygen atoms in total. The number of aryl methyl sites for hydroxylation is 2. The van der Waals surface area contributed by atoms with Crippen molar-refractivity contribution in [3.05, 3.63) is 51.5 Å². The Labute approximate surface area is 100 Å². The molecule has 0 aliphatic rings. The molecule has 0 fully saturated rings. The van der Waals surface area contributed by atoms with Crippen molar-refractivity contribution >= 4 is 11.3 Å². The molecule has 0 atom stereocenters. The second-order valence-electron chi connectivity index (χ2n) is 3.92. The molecule has 0 bridgehead atoms. The lowest BCUT2D eigenvalue weighted by Gasteiger charge is -2.02. The molecule has 0 aliphatic carbocycles. The number of hydrogen-bond acceptors (Lipinski definition) is 3. The molecular formula is C13H16N2S. The quantitative estimate of drug-likeness (QED) is 0.876. The molecule has 0 amide bonds. The van der Waals surface area contributed by atoms with Crippen molar-refractivity contribution in [1.29, 1.82) is 0 Å². The van der Waals surface area contributed by atoms with Gasteiger partial charge in [0.1, 0.15) is 0 Å². The first kappa shape index (κ1) is 11.3. The SMILES string of the molecule is Cc1cc(CNCc2cccnc2)sc1C. The monoisotopic (exact) mass is 232 g/mol. The van der Waals surface area contributed by atoms with Crippen LogP contribution in [0.15, 0.2) is 30.6 Å². The molecule has 0 radical (unpaired) electrons. The lowest BCUT2D eigenvalue weighted by molar-refractivity contribution is 0.698. The normalized spacial score (nSPS) is 10.6. The van der Waals surface area contributed by atoms with E-state index in [2.05, 4.69) is 36.3 Å². The molecule has 2 rings (SSSR count). The highest BCUT2D eigenvalue weighted by Gasteiger charge is 2.00. The third-order valence-corrected chi connectivity index (χ3v) is 3.72. The Morgan fingerprint density at radius 3 is 2.81 bits per heavy atom.